The van der Waals surface area contributed by atoms with Crippen molar-refractivity contribution in [2.75, 3.05) is 7.11 Å². The molecule has 1 heterocycles. The molecule has 2 aromatic rings. The molecule has 29 heavy (non-hydrogen) atoms. The summed E-state index contributed by atoms with van der Waals surface area (Å²) in [6.45, 7) is 3.99. The molecule has 0 saturated heterocycles. The van der Waals surface area contributed by atoms with Crippen molar-refractivity contribution >= 4 is 23.1 Å². The van der Waals surface area contributed by atoms with Crippen molar-refractivity contribution in [2.45, 2.75) is 51.2 Å². The van der Waals surface area contributed by atoms with Crippen LogP contribution in [0.1, 0.15) is 42.4 Å². The van der Waals surface area contributed by atoms with E-state index in [0.717, 1.165) is 35.1 Å². The van der Waals surface area contributed by atoms with Gasteiger partial charge in [-0.25, -0.2) is 4.79 Å². The molecule has 2 aliphatic rings. The van der Waals surface area contributed by atoms with Gasteiger partial charge in [0.1, 0.15) is 5.57 Å². The molecule has 152 valence electrons. The number of aliphatic hydroxyl groups excluding tert-OH is 1. The number of carbonyl (C=O) groups excluding carboxylic acids is 1. The van der Waals surface area contributed by atoms with E-state index in [4.69, 9.17) is 21.1 Å². The van der Waals surface area contributed by atoms with Gasteiger partial charge in [-0.3, -0.25) is 0 Å². The number of ether oxygens (including phenoxy) is 2. The van der Waals surface area contributed by atoms with E-state index < -0.39 is 11.6 Å². The van der Waals surface area contributed by atoms with Gasteiger partial charge in [0.2, 0.25) is 0 Å². The van der Waals surface area contributed by atoms with Crippen LogP contribution in [0.15, 0.2) is 42.2 Å². The molecule has 4 rings (SSSR count). The van der Waals surface area contributed by atoms with E-state index in [2.05, 4.69) is 0 Å². The Morgan fingerprint density at radius 2 is 1.69 bits per heavy atom. The molecule has 4 nitrogen and oxygen atoms in total. The summed E-state index contributed by atoms with van der Waals surface area (Å²) in [7, 11) is 1.69. The first-order valence-corrected chi connectivity index (χ1v) is 10.3. The molecule has 2 aromatic carbocycles. The van der Waals surface area contributed by atoms with Crippen molar-refractivity contribution in [3.63, 3.8) is 0 Å². The third-order valence-corrected chi connectivity index (χ3v) is 6.48. The number of rotatable bonds is 3. The average molecular weight is 413 g/mol. The first-order chi connectivity index (χ1) is 13.8. The lowest BCUT2D eigenvalue weighted by atomic mass is 9.80. The summed E-state index contributed by atoms with van der Waals surface area (Å²) in [4.78, 5) is 12.9. The lowest BCUT2D eigenvalue weighted by molar-refractivity contribution is -0.151. The summed E-state index contributed by atoms with van der Waals surface area (Å²) in [5.41, 5.74) is 4.12. The van der Waals surface area contributed by atoms with E-state index in [-0.39, 0.29) is 17.4 Å². The minimum Gasteiger partial charge on any atom is -0.507 e. The molecule has 0 atom stereocenters. The number of benzene rings is 2. The van der Waals surface area contributed by atoms with Crippen molar-refractivity contribution in [1.82, 2.24) is 0 Å². The van der Waals surface area contributed by atoms with Gasteiger partial charge in [-0.2, -0.15) is 0 Å². The van der Waals surface area contributed by atoms with E-state index in [1.165, 1.54) is 0 Å². The smallest absolute Gasteiger partial charge is 0.343 e. The van der Waals surface area contributed by atoms with Crippen LogP contribution in [0.4, 0.5) is 0 Å². The molecule has 1 saturated carbocycles. The number of aryl methyl sites for hydroxylation is 2. The second-order valence-electron chi connectivity index (χ2n) is 8.03. The second-order valence-corrected chi connectivity index (χ2v) is 8.47. The van der Waals surface area contributed by atoms with Crippen LogP contribution in [0, 0.1) is 13.8 Å². The molecule has 0 unspecified atom stereocenters. The van der Waals surface area contributed by atoms with Gasteiger partial charge in [0.25, 0.3) is 0 Å². The number of halogens is 1. The summed E-state index contributed by atoms with van der Waals surface area (Å²) >= 11 is 6.03. The maximum Gasteiger partial charge on any atom is 0.343 e. The topological polar surface area (TPSA) is 55.8 Å². The highest BCUT2D eigenvalue weighted by Crippen LogP contribution is 2.46. The Hall–Kier alpha value is -2.30. The minimum atomic E-state index is -0.917. The highest BCUT2D eigenvalue weighted by atomic mass is 35.5. The first-order valence-electron chi connectivity index (χ1n) is 9.92. The average Bonchev–Trinajstić information content (AvgIpc) is 2.93. The molecule has 1 fully saturated rings. The Bertz CT molecular complexity index is 983. The van der Waals surface area contributed by atoms with Crippen molar-refractivity contribution in [1.29, 1.82) is 0 Å². The maximum absolute atomic E-state index is 12.9. The highest BCUT2D eigenvalue weighted by molar-refractivity contribution is 6.30. The third-order valence-electron chi connectivity index (χ3n) is 6.23. The molecular formula is C24H25ClO4. The van der Waals surface area contributed by atoms with Crippen LogP contribution in [-0.4, -0.2) is 29.9 Å². The molecule has 0 radical (unpaired) electrons. The minimum absolute atomic E-state index is 0.0612. The van der Waals surface area contributed by atoms with Gasteiger partial charge < -0.3 is 14.6 Å². The van der Waals surface area contributed by atoms with Gasteiger partial charge in [-0.1, -0.05) is 29.8 Å². The highest BCUT2D eigenvalue weighted by Gasteiger charge is 2.50. The molecule has 1 spiro atoms. The molecule has 0 amide bonds. The Balaban J connectivity index is 1.78. The molecule has 0 bridgehead atoms. The largest absolute Gasteiger partial charge is 0.507 e. The van der Waals surface area contributed by atoms with Gasteiger partial charge in [-0.05, 0) is 85.5 Å². The van der Waals surface area contributed by atoms with Gasteiger partial charge >= 0.3 is 5.97 Å². The second kappa shape index (κ2) is 7.51. The van der Waals surface area contributed by atoms with Crippen LogP contribution < -0.4 is 0 Å². The summed E-state index contributed by atoms with van der Waals surface area (Å²) in [5, 5.41) is 11.8. The van der Waals surface area contributed by atoms with Crippen molar-refractivity contribution in [3.05, 3.63) is 63.9 Å². The van der Waals surface area contributed by atoms with Gasteiger partial charge in [0, 0.05) is 12.1 Å². The Labute approximate surface area is 176 Å². The molecule has 0 aromatic heterocycles. The van der Waals surface area contributed by atoms with Crippen LogP contribution in [0.5, 0.6) is 0 Å². The molecule has 1 aliphatic carbocycles. The van der Waals surface area contributed by atoms with Gasteiger partial charge in [0.15, 0.2) is 11.4 Å². The zero-order chi connectivity index (χ0) is 20.8. The number of hydrogen-bond acceptors (Lipinski definition) is 4. The van der Waals surface area contributed by atoms with Crippen LogP contribution in [-0.2, 0) is 14.3 Å². The van der Waals surface area contributed by atoms with Crippen LogP contribution in [0.2, 0.25) is 5.02 Å². The standard InChI is InChI=1S/C24H25ClO4/c1-14-12-15(2)20(13-19(14)16-4-6-17(25)7-5-16)21-22(26)24(29-23(21)27)10-8-18(28-3)9-11-24/h4-7,12-13,18,26H,8-11H2,1-3H3. The molecule has 1 N–H and O–H groups in total. The summed E-state index contributed by atoms with van der Waals surface area (Å²) in [6.07, 6.45) is 2.80. The third kappa shape index (κ3) is 3.45. The van der Waals surface area contributed by atoms with Crippen molar-refractivity contribution < 1.29 is 19.4 Å². The van der Waals surface area contributed by atoms with E-state index in [0.29, 0.717) is 23.4 Å². The van der Waals surface area contributed by atoms with Crippen LogP contribution in [0.3, 0.4) is 0 Å². The zero-order valence-electron chi connectivity index (χ0n) is 16.9. The number of methoxy groups -OCH3 is 1. The van der Waals surface area contributed by atoms with Gasteiger partial charge in [0.05, 0.1) is 6.10 Å². The lowest BCUT2D eigenvalue weighted by Gasteiger charge is -2.35. The maximum atomic E-state index is 12.9. The van der Waals surface area contributed by atoms with Crippen molar-refractivity contribution in [3.8, 4) is 11.1 Å². The monoisotopic (exact) mass is 412 g/mol. The zero-order valence-corrected chi connectivity index (χ0v) is 17.7. The van der Waals surface area contributed by atoms with Crippen LogP contribution in [0.25, 0.3) is 16.7 Å². The number of aliphatic hydroxyl groups is 1. The molecule has 1 aliphatic heterocycles. The Morgan fingerprint density at radius 3 is 2.31 bits per heavy atom. The Morgan fingerprint density at radius 1 is 1.07 bits per heavy atom. The number of hydrogen-bond donors (Lipinski definition) is 1. The summed E-state index contributed by atoms with van der Waals surface area (Å²) in [5.74, 6) is -0.390. The fourth-order valence-electron chi connectivity index (χ4n) is 4.53. The van der Waals surface area contributed by atoms with Crippen LogP contribution >= 0.6 is 11.6 Å². The van der Waals surface area contributed by atoms with E-state index in [1.807, 2.05) is 50.2 Å². The fourth-order valence-corrected chi connectivity index (χ4v) is 4.66. The SMILES string of the molecule is COC1CCC2(CC1)OC(=O)C(c1cc(-c3ccc(Cl)cc3)c(C)cc1C)=C2O. The summed E-state index contributed by atoms with van der Waals surface area (Å²) < 4.78 is 11.2. The normalized spacial score (nSPS) is 24.3. The van der Waals surface area contributed by atoms with E-state index in [9.17, 15) is 9.90 Å². The number of esters is 1. The fraction of sp³-hybridized carbons (Fsp3) is 0.375. The van der Waals surface area contributed by atoms with E-state index >= 15 is 0 Å². The van der Waals surface area contributed by atoms with Crippen molar-refractivity contribution in [2.24, 2.45) is 0 Å². The van der Waals surface area contributed by atoms with Gasteiger partial charge in [-0.15, -0.1) is 0 Å². The first kappa shape index (κ1) is 20.0. The molecular weight excluding hydrogens is 388 g/mol. The van der Waals surface area contributed by atoms with E-state index in [1.54, 1.807) is 7.11 Å². The quantitative estimate of drug-likeness (QED) is 0.649. The predicted molar refractivity (Wildman–Crippen MR) is 114 cm³/mol. The Kier molecular flexibility index (Phi) is 5.18. The lowest BCUT2D eigenvalue weighted by Crippen LogP contribution is -2.38. The molecule has 5 heteroatoms. The summed E-state index contributed by atoms with van der Waals surface area (Å²) in [6, 6.07) is 11.6. The number of carbonyl (C=O) groups is 1. The predicted octanol–water partition coefficient (Wildman–Crippen LogP) is 5.78.